The summed E-state index contributed by atoms with van der Waals surface area (Å²) >= 11 is 0. The van der Waals surface area contributed by atoms with Gasteiger partial charge in [0.25, 0.3) is 0 Å². The van der Waals surface area contributed by atoms with Crippen molar-refractivity contribution in [3.63, 3.8) is 0 Å². The Morgan fingerprint density at radius 2 is 2.40 bits per heavy atom. The summed E-state index contributed by atoms with van der Waals surface area (Å²) in [6.45, 7) is 0. The number of hydrogen-bond acceptors (Lipinski definition) is 5. The minimum atomic E-state index is -0.260. The third-order valence-electron chi connectivity index (χ3n) is 2.29. The zero-order valence-electron chi connectivity index (χ0n) is 8.31. The topological polar surface area (TPSA) is 111 Å². The van der Waals surface area contributed by atoms with Gasteiger partial charge in [-0.1, -0.05) is 0 Å². The lowest BCUT2D eigenvalue weighted by atomic mass is 10.1. The highest BCUT2D eigenvalue weighted by Gasteiger charge is 2.20. The molecule has 7 nitrogen and oxygen atoms in total. The molecule has 0 amide bonds. The molecule has 0 aliphatic heterocycles. The highest BCUT2D eigenvalue weighted by atomic mass is 15.3. The van der Waals surface area contributed by atoms with Gasteiger partial charge in [0.05, 0.1) is 6.20 Å². The molecule has 0 fully saturated rings. The van der Waals surface area contributed by atoms with E-state index in [1.807, 2.05) is 17.8 Å². The van der Waals surface area contributed by atoms with Gasteiger partial charge in [-0.2, -0.15) is 5.10 Å². The summed E-state index contributed by atoms with van der Waals surface area (Å²) < 4.78 is 1.87. The Balaban J connectivity index is 2.41. The number of hydrazine groups is 1. The van der Waals surface area contributed by atoms with Gasteiger partial charge >= 0.3 is 0 Å². The van der Waals surface area contributed by atoms with Crippen LogP contribution in [-0.2, 0) is 7.05 Å². The Hall–Kier alpha value is -1.86. The van der Waals surface area contributed by atoms with Crippen LogP contribution in [0, 0.1) is 0 Å². The smallest absolute Gasteiger partial charge is 0.131 e. The lowest BCUT2D eigenvalue weighted by Crippen LogP contribution is -2.31. The number of imidazole rings is 1. The molecule has 80 valence electrons. The average Bonchev–Trinajstić information content (AvgIpc) is 2.80. The molecule has 2 aromatic rings. The van der Waals surface area contributed by atoms with E-state index in [0.29, 0.717) is 5.82 Å². The maximum absolute atomic E-state index is 5.72. The van der Waals surface area contributed by atoms with Crippen molar-refractivity contribution in [3.05, 3.63) is 30.0 Å². The number of rotatable bonds is 3. The molecule has 0 aliphatic rings. The number of hydrogen-bond donors (Lipinski definition) is 4. The summed E-state index contributed by atoms with van der Waals surface area (Å²) in [5.74, 6) is 6.76. The Labute approximate surface area is 86.5 Å². The molecule has 0 aromatic carbocycles. The Kier molecular flexibility index (Phi) is 2.40. The third kappa shape index (κ3) is 1.58. The van der Waals surface area contributed by atoms with E-state index >= 15 is 0 Å². The predicted octanol–water partition coefficient (Wildman–Crippen LogP) is -0.722. The van der Waals surface area contributed by atoms with Crippen molar-refractivity contribution >= 4 is 5.82 Å². The van der Waals surface area contributed by atoms with Gasteiger partial charge in [0.15, 0.2) is 0 Å². The first-order valence-corrected chi connectivity index (χ1v) is 4.46. The molecule has 0 saturated carbocycles. The molecule has 1 unspecified atom stereocenters. The molecule has 7 heteroatoms. The van der Waals surface area contributed by atoms with Crippen LogP contribution in [0.1, 0.15) is 17.4 Å². The zero-order chi connectivity index (χ0) is 10.8. The molecule has 0 saturated heterocycles. The summed E-state index contributed by atoms with van der Waals surface area (Å²) in [6, 6.07) is -0.260. The van der Waals surface area contributed by atoms with Crippen LogP contribution in [-0.4, -0.2) is 19.7 Å². The van der Waals surface area contributed by atoms with E-state index < -0.39 is 0 Å². The van der Waals surface area contributed by atoms with Crippen molar-refractivity contribution in [2.75, 3.05) is 5.73 Å². The number of nitrogen functional groups attached to an aromatic ring is 1. The molecule has 1 atom stereocenters. The number of nitrogens with two attached hydrogens (primary N) is 2. The fourth-order valence-corrected chi connectivity index (χ4v) is 1.49. The minimum absolute atomic E-state index is 0.260. The van der Waals surface area contributed by atoms with Crippen molar-refractivity contribution in [1.82, 2.24) is 25.2 Å². The van der Waals surface area contributed by atoms with Crippen LogP contribution < -0.4 is 17.0 Å². The Morgan fingerprint density at radius 1 is 1.60 bits per heavy atom. The average molecular weight is 207 g/mol. The fourth-order valence-electron chi connectivity index (χ4n) is 1.49. The lowest BCUT2D eigenvalue weighted by molar-refractivity contribution is 0.581. The molecule has 0 bridgehead atoms. The number of anilines is 1. The van der Waals surface area contributed by atoms with Gasteiger partial charge in [-0.3, -0.25) is 10.9 Å². The number of aryl methyl sites for hydroxylation is 1. The first-order chi connectivity index (χ1) is 7.24. The molecular formula is C8H13N7. The first kappa shape index (κ1) is 9.69. The normalized spacial score (nSPS) is 12.9. The predicted molar refractivity (Wildman–Crippen MR) is 55.4 cm³/mol. The van der Waals surface area contributed by atoms with E-state index in [4.69, 9.17) is 11.6 Å². The van der Waals surface area contributed by atoms with Crippen molar-refractivity contribution in [2.24, 2.45) is 12.9 Å². The highest BCUT2D eigenvalue weighted by Crippen LogP contribution is 2.22. The summed E-state index contributed by atoms with van der Waals surface area (Å²) in [6.07, 6.45) is 5.18. The van der Waals surface area contributed by atoms with Crippen LogP contribution in [0.15, 0.2) is 18.6 Å². The highest BCUT2D eigenvalue weighted by molar-refractivity contribution is 5.42. The molecule has 0 radical (unpaired) electrons. The molecule has 0 spiro atoms. The van der Waals surface area contributed by atoms with E-state index in [1.165, 1.54) is 0 Å². The largest absolute Gasteiger partial charge is 0.384 e. The van der Waals surface area contributed by atoms with E-state index in [0.717, 1.165) is 11.4 Å². The summed E-state index contributed by atoms with van der Waals surface area (Å²) in [5.41, 5.74) is 9.17. The van der Waals surface area contributed by atoms with Crippen LogP contribution in [0.4, 0.5) is 5.82 Å². The molecule has 2 heterocycles. The number of nitrogens with one attached hydrogen (secondary N) is 2. The first-order valence-electron chi connectivity index (χ1n) is 4.46. The third-order valence-corrected chi connectivity index (χ3v) is 2.29. The van der Waals surface area contributed by atoms with Crippen LogP contribution in [0.5, 0.6) is 0 Å². The number of nitrogens with zero attached hydrogens (tertiary/aromatic N) is 3. The van der Waals surface area contributed by atoms with E-state index in [2.05, 4.69) is 20.6 Å². The molecule has 6 N–H and O–H groups in total. The molecule has 0 aliphatic carbocycles. The van der Waals surface area contributed by atoms with E-state index in [1.54, 1.807) is 12.4 Å². The SMILES string of the molecule is Cn1ccnc1C(NN)c1cn[nH]c1N. The molecule has 2 aromatic heterocycles. The number of aromatic nitrogens is 4. The van der Waals surface area contributed by atoms with E-state index in [9.17, 15) is 0 Å². The van der Waals surface area contributed by atoms with Crippen LogP contribution in [0.25, 0.3) is 0 Å². The van der Waals surface area contributed by atoms with Gasteiger partial charge in [-0.25, -0.2) is 10.4 Å². The minimum Gasteiger partial charge on any atom is -0.384 e. The summed E-state index contributed by atoms with van der Waals surface area (Å²) in [4.78, 5) is 4.21. The van der Waals surface area contributed by atoms with Gasteiger partial charge in [0.2, 0.25) is 0 Å². The fraction of sp³-hybridized carbons (Fsp3) is 0.250. The quantitative estimate of drug-likeness (QED) is 0.392. The van der Waals surface area contributed by atoms with Gasteiger partial charge in [0.1, 0.15) is 17.7 Å². The van der Waals surface area contributed by atoms with Gasteiger partial charge in [-0.15, -0.1) is 0 Å². The molecule has 15 heavy (non-hydrogen) atoms. The van der Waals surface area contributed by atoms with Gasteiger partial charge in [0, 0.05) is 25.0 Å². The van der Waals surface area contributed by atoms with Crippen molar-refractivity contribution < 1.29 is 0 Å². The monoisotopic (exact) mass is 207 g/mol. The second-order valence-electron chi connectivity index (χ2n) is 3.24. The van der Waals surface area contributed by atoms with Gasteiger partial charge < -0.3 is 10.3 Å². The lowest BCUT2D eigenvalue weighted by Gasteiger charge is -2.14. The molecular weight excluding hydrogens is 194 g/mol. The maximum atomic E-state index is 5.72. The van der Waals surface area contributed by atoms with Crippen LogP contribution >= 0.6 is 0 Å². The van der Waals surface area contributed by atoms with Crippen molar-refractivity contribution in [2.45, 2.75) is 6.04 Å². The van der Waals surface area contributed by atoms with Crippen molar-refractivity contribution in [3.8, 4) is 0 Å². The van der Waals surface area contributed by atoms with Gasteiger partial charge in [-0.05, 0) is 0 Å². The van der Waals surface area contributed by atoms with E-state index in [-0.39, 0.29) is 6.04 Å². The second-order valence-corrected chi connectivity index (χ2v) is 3.24. The maximum Gasteiger partial charge on any atom is 0.131 e. The standard InChI is InChI=1S/C8H13N7/c1-15-3-2-11-8(15)6(13-10)5-4-12-14-7(5)9/h2-4,6,13H,10H2,1H3,(H3,9,12,14). The van der Waals surface area contributed by atoms with Crippen molar-refractivity contribution in [1.29, 1.82) is 0 Å². The summed E-state index contributed by atoms with van der Waals surface area (Å²) in [5, 5.41) is 6.51. The Bertz CT molecular complexity index is 403. The number of aromatic amines is 1. The summed E-state index contributed by atoms with van der Waals surface area (Å²) in [7, 11) is 1.89. The van der Waals surface area contributed by atoms with Crippen LogP contribution in [0.3, 0.4) is 0 Å². The number of H-pyrrole nitrogens is 1. The molecule has 2 rings (SSSR count). The van der Waals surface area contributed by atoms with Crippen LogP contribution in [0.2, 0.25) is 0 Å². The second kappa shape index (κ2) is 3.71. The zero-order valence-corrected chi connectivity index (χ0v) is 8.31. The Morgan fingerprint density at radius 3 is 2.87 bits per heavy atom.